The standard InChI is InChI=1S/C2H6O3S.Bi.3H/c1-2-6(3,4)5;;;;/h2H2,1H3,(H,3,4,5);;;;. The van der Waals surface area contributed by atoms with Crippen LogP contribution < -0.4 is 0 Å². The molecule has 1 N–H and O–H groups in total. The zero-order valence-electron chi connectivity index (χ0n) is 4.09. The molecule has 0 aliphatic carbocycles. The van der Waals surface area contributed by atoms with Crippen molar-refractivity contribution < 1.29 is 13.0 Å². The summed E-state index contributed by atoms with van der Waals surface area (Å²) in [5.74, 6) is -0.201. The van der Waals surface area contributed by atoms with Gasteiger partial charge in [-0.1, -0.05) is 0 Å². The molecule has 46 valence electrons. The zero-order chi connectivity index (χ0) is 5.21. The Morgan fingerprint density at radius 3 is 1.71 bits per heavy atom. The van der Waals surface area contributed by atoms with E-state index in [9.17, 15) is 8.42 Å². The average Bonchev–Trinajstić information content (AvgIpc) is 1.35. The summed E-state index contributed by atoms with van der Waals surface area (Å²) in [6.45, 7) is 1.37. The minimum absolute atomic E-state index is 0. The van der Waals surface area contributed by atoms with Crippen molar-refractivity contribution in [2.75, 3.05) is 5.75 Å². The monoisotopic (exact) mass is 322 g/mol. The van der Waals surface area contributed by atoms with Gasteiger partial charge in [0.2, 0.25) is 0 Å². The molecule has 3 nitrogen and oxygen atoms in total. The first-order valence-corrected chi connectivity index (χ1v) is 3.12. The molecular weight excluding hydrogens is 313 g/mol. The van der Waals surface area contributed by atoms with Crippen LogP contribution in [-0.2, 0) is 10.1 Å². The SMILES string of the molecule is CCS(=O)(=O)O.[BiH3]. The quantitative estimate of drug-likeness (QED) is 0.483. The van der Waals surface area contributed by atoms with Gasteiger partial charge in [0, 0.05) is 0 Å². The molecule has 0 saturated carbocycles. The van der Waals surface area contributed by atoms with Crippen molar-refractivity contribution in [3.8, 4) is 0 Å². The summed E-state index contributed by atoms with van der Waals surface area (Å²) >= 11 is 0. The first kappa shape index (κ1) is 10.7. The third-order valence-corrected chi connectivity index (χ3v) is 1.09. The van der Waals surface area contributed by atoms with Crippen LogP contribution in [0.15, 0.2) is 0 Å². The molecule has 0 fully saturated rings. The van der Waals surface area contributed by atoms with E-state index in [4.69, 9.17) is 4.55 Å². The summed E-state index contributed by atoms with van der Waals surface area (Å²) in [6, 6.07) is 0. The van der Waals surface area contributed by atoms with Gasteiger partial charge in [-0.15, -0.1) is 0 Å². The first-order chi connectivity index (χ1) is 2.56. The fourth-order valence-electron chi connectivity index (χ4n) is 0. The molecule has 0 saturated heterocycles. The van der Waals surface area contributed by atoms with Gasteiger partial charge in [0.15, 0.2) is 0 Å². The van der Waals surface area contributed by atoms with E-state index in [1.807, 2.05) is 0 Å². The van der Waals surface area contributed by atoms with Gasteiger partial charge in [0.1, 0.15) is 0 Å². The van der Waals surface area contributed by atoms with E-state index in [-0.39, 0.29) is 32.0 Å². The summed E-state index contributed by atoms with van der Waals surface area (Å²) in [6.07, 6.45) is 0. The number of hydrogen-bond donors (Lipinski definition) is 1. The molecule has 0 aromatic carbocycles. The summed E-state index contributed by atoms with van der Waals surface area (Å²) in [7, 11) is -3.66. The van der Waals surface area contributed by atoms with Crippen LogP contribution in [0.25, 0.3) is 0 Å². The first-order valence-electron chi connectivity index (χ1n) is 1.51. The second kappa shape index (κ2) is 3.75. The van der Waals surface area contributed by atoms with Crippen molar-refractivity contribution in [2.24, 2.45) is 0 Å². The van der Waals surface area contributed by atoms with E-state index < -0.39 is 10.1 Å². The molecule has 7 heavy (non-hydrogen) atoms. The van der Waals surface area contributed by atoms with Crippen molar-refractivity contribution in [3.63, 3.8) is 0 Å². The van der Waals surface area contributed by atoms with E-state index in [0.717, 1.165) is 0 Å². The molecule has 0 aliphatic rings. The Morgan fingerprint density at radius 1 is 1.57 bits per heavy atom. The molecule has 0 rings (SSSR count). The van der Waals surface area contributed by atoms with Crippen molar-refractivity contribution >= 4 is 36.3 Å². The Kier molecular flexibility index (Phi) is 5.75. The van der Waals surface area contributed by atoms with Gasteiger partial charge in [-0.25, -0.2) is 0 Å². The Labute approximate surface area is 62.0 Å². The predicted molar refractivity (Wildman–Crippen MR) is 32.0 cm³/mol. The molecule has 0 aliphatic heterocycles. The number of rotatable bonds is 1. The second-order valence-electron chi connectivity index (χ2n) is 0.871. The maximum atomic E-state index is 9.56. The maximum absolute atomic E-state index is 9.56. The fraction of sp³-hybridized carbons (Fsp3) is 1.00. The molecule has 0 unspecified atom stereocenters. The molecule has 0 atom stereocenters. The van der Waals surface area contributed by atoms with Crippen LogP contribution >= 0.6 is 0 Å². The van der Waals surface area contributed by atoms with Gasteiger partial charge in [0.05, 0.1) is 5.75 Å². The third-order valence-electron chi connectivity index (χ3n) is 0.365. The van der Waals surface area contributed by atoms with E-state index in [1.165, 1.54) is 6.92 Å². The van der Waals surface area contributed by atoms with Gasteiger partial charge in [0.25, 0.3) is 10.1 Å². The van der Waals surface area contributed by atoms with Crippen LogP contribution in [-0.4, -0.2) is 44.9 Å². The van der Waals surface area contributed by atoms with Gasteiger partial charge < -0.3 is 0 Å². The average molecular weight is 322 g/mol. The Morgan fingerprint density at radius 2 is 1.71 bits per heavy atom. The summed E-state index contributed by atoms with van der Waals surface area (Å²) in [5, 5.41) is 0. The van der Waals surface area contributed by atoms with E-state index >= 15 is 0 Å². The zero-order valence-corrected chi connectivity index (χ0v) is 10.4. The predicted octanol–water partition coefficient (Wildman–Crippen LogP) is -1.29. The second-order valence-corrected chi connectivity index (χ2v) is 2.61. The van der Waals surface area contributed by atoms with Crippen LogP contribution in [0, 0.1) is 0 Å². The van der Waals surface area contributed by atoms with Gasteiger partial charge in [-0.05, 0) is 6.92 Å². The van der Waals surface area contributed by atoms with Crippen LogP contribution in [0.3, 0.4) is 0 Å². The summed E-state index contributed by atoms with van der Waals surface area (Å²) in [4.78, 5) is 0. The van der Waals surface area contributed by atoms with E-state index in [2.05, 4.69) is 0 Å². The molecule has 0 bridgehead atoms. The molecule has 0 amide bonds. The molecule has 0 aromatic rings. The van der Waals surface area contributed by atoms with Crippen molar-refractivity contribution in [1.82, 2.24) is 0 Å². The van der Waals surface area contributed by atoms with E-state index in [1.54, 1.807) is 0 Å². The Bertz CT molecular complexity index is 115. The van der Waals surface area contributed by atoms with Crippen LogP contribution in [0.4, 0.5) is 0 Å². The number of hydrogen-bond acceptors (Lipinski definition) is 2. The minimum atomic E-state index is -3.66. The molecule has 0 aromatic heterocycles. The summed E-state index contributed by atoms with van der Waals surface area (Å²) < 4.78 is 26.9. The molecule has 0 heterocycles. The Hall–Kier alpha value is 0.793. The third kappa shape index (κ3) is 10.8. The van der Waals surface area contributed by atoms with Crippen LogP contribution in [0.2, 0.25) is 0 Å². The molecule has 0 radical (unpaired) electrons. The van der Waals surface area contributed by atoms with Crippen LogP contribution in [0.5, 0.6) is 0 Å². The van der Waals surface area contributed by atoms with Gasteiger partial charge in [-0.2, -0.15) is 8.42 Å². The van der Waals surface area contributed by atoms with Crippen molar-refractivity contribution in [1.29, 1.82) is 0 Å². The van der Waals surface area contributed by atoms with E-state index in [0.29, 0.717) is 0 Å². The Balaban J connectivity index is 0. The van der Waals surface area contributed by atoms with Crippen molar-refractivity contribution in [2.45, 2.75) is 6.92 Å². The normalized spacial score (nSPS) is 10.0. The van der Waals surface area contributed by atoms with Crippen LogP contribution in [0.1, 0.15) is 6.92 Å². The molecule has 5 heteroatoms. The van der Waals surface area contributed by atoms with Gasteiger partial charge >= 0.3 is 26.2 Å². The summed E-state index contributed by atoms with van der Waals surface area (Å²) in [5.41, 5.74) is 0. The van der Waals surface area contributed by atoms with Crippen molar-refractivity contribution in [3.05, 3.63) is 0 Å². The molecular formula is C2H9BiO3S. The topological polar surface area (TPSA) is 54.4 Å². The van der Waals surface area contributed by atoms with Gasteiger partial charge in [-0.3, -0.25) is 4.55 Å². The molecule has 0 spiro atoms. The fourth-order valence-corrected chi connectivity index (χ4v) is 0.